The molecule has 0 saturated heterocycles. The summed E-state index contributed by atoms with van der Waals surface area (Å²) in [7, 11) is 0. The molecule has 0 spiro atoms. The highest BCUT2D eigenvalue weighted by Crippen LogP contribution is 2.10. The van der Waals surface area contributed by atoms with E-state index in [1.165, 1.54) is 44.9 Å². The third kappa shape index (κ3) is 15.4. The lowest BCUT2D eigenvalue weighted by Gasteiger charge is -2.07. The zero-order chi connectivity index (χ0) is 14.3. The van der Waals surface area contributed by atoms with Gasteiger partial charge >= 0.3 is 0 Å². The number of hydrogen-bond acceptors (Lipinski definition) is 2. The van der Waals surface area contributed by atoms with E-state index >= 15 is 0 Å². The van der Waals surface area contributed by atoms with E-state index in [1.807, 2.05) is 0 Å². The summed E-state index contributed by atoms with van der Waals surface area (Å²) in [6, 6.07) is 0. The molecule has 0 aliphatic rings. The third-order valence-corrected chi connectivity index (χ3v) is 3.11. The van der Waals surface area contributed by atoms with Gasteiger partial charge in [-0.3, -0.25) is 9.63 Å². The van der Waals surface area contributed by atoms with Crippen LogP contribution in [0.2, 0.25) is 0 Å². The quantitative estimate of drug-likeness (QED) is 0.392. The van der Waals surface area contributed by atoms with Crippen LogP contribution in [0.15, 0.2) is 0 Å². The lowest BCUT2D eigenvalue weighted by molar-refractivity contribution is -0.134. The van der Waals surface area contributed by atoms with Gasteiger partial charge in [0.2, 0.25) is 5.91 Å². The second-order valence-electron chi connectivity index (χ2n) is 5.81. The van der Waals surface area contributed by atoms with Crippen molar-refractivity contribution in [2.45, 2.75) is 85.0 Å². The largest absolute Gasteiger partial charge is 0.273 e. The van der Waals surface area contributed by atoms with Gasteiger partial charge in [0.15, 0.2) is 0 Å². The van der Waals surface area contributed by atoms with Crippen molar-refractivity contribution in [3.8, 4) is 0 Å². The summed E-state index contributed by atoms with van der Waals surface area (Å²) >= 11 is 0. The highest BCUT2D eigenvalue weighted by atomic mass is 16.6. The molecule has 0 unspecified atom stereocenters. The zero-order valence-corrected chi connectivity index (χ0v) is 13.2. The molecule has 0 aromatic carbocycles. The van der Waals surface area contributed by atoms with Gasteiger partial charge in [0.1, 0.15) is 0 Å². The van der Waals surface area contributed by atoms with E-state index in [2.05, 4.69) is 26.3 Å². The minimum Gasteiger partial charge on any atom is -0.273 e. The first-order valence-electron chi connectivity index (χ1n) is 8.07. The number of hydrogen-bond donors (Lipinski definition) is 1. The fourth-order valence-corrected chi connectivity index (χ4v) is 1.94. The summed E-state index contributed by atoms with van der Waals surface area (Å²) < 4.78 is 0. The van der Waals surface area contributed by atoms with E-state index in [9.17, 15) is 4.79 Å². The van der Waals surface area contributed by atoms with E-state index in [1.54, 1.807) is 0 Å². The van der Waals surface area contributed by atoms with Crippen molar-refractivity contribution < 1.29 is 9.63 Å². The van der Waals surface area contributed by atoms with Crippen molar-refractivity contribution in [2.75, 3.05) is 6.61 Å². The van der Waals surface area contributed by atoms with E-state index in [0.29, 0.717) is 18.9 Å². The Kier molecular flexibility index (Phi) is 13.4. The van der Waals surface area contributed by atoms with Crippen molar-refractivity contribution in [1.82, 2.24) is 5.48 Å². The van der Waals surface area contributed by atoms with Crippen LogP contribution in [0.3, 0.4) is 0 Å². The first kappa shape index (κ1) is 18.4. The molecule has 19 heavy (non-hydrogen) atoms. The van der Waals surface area contributed by atoms with Crippen LogP contribution in [0.4, 0.5) is 0 Å². The predicted molar refractivity (Wildman–Crippen MR) is 80.8 cm³/mol. The maximum atomic E-state index is 11.4. The lowest BCUT2D eigenvalue weighted by atomic mass is 10.1. The summed E-state index contributed by atoms with van der Waals surface area (Å²) in [6.07, 6.45) is 12.1. The molecule has 0 aliphatic carbocycles. The molecular formula is C16H33NO2. The SMILES string of the molecule is CCCCCCCCCCCC(=O)NOCC(C)C. The highest BCUT2D eigenvalue weighted by Gasteiger charge is 2.01. The van der Waals surface area contributed by atoms with Crippen LogP contribution < -0.4 is 5.48 Å². The van der Waals surface area contributed by atoms with Gasteiger partial charge in [0, 0.05) is 6.42 Å². The summed E-state index contributed by atoms with van der Waals surface area (Å²) in [5.41, 5.74) is 2.50. The molecular weight excluding hydrogens is 238 g/mol. The molecule has 3 nitrogen and oxygen atoms in total. The Morgan fingerprint density at radius 3 is 2.00 bits per heavy atom. The van der Waals surface area contributed by atoms with Crippen LogP contribution in [-0.4, -0.2) is 12.5 Å². The maximum Gasteiger partial charge on any atom is 0.243 e. The summed E-state index contributed by atoms with van der Waals surface area (Å²) in [4.78, 5) is 16.5. The molecule has 0 bridgehead atoms. The van der Waals surface area contributed by atoms with Crippen molar-refractivity contribution in [2.24, 2.45) is 5.92 Å². The van der Waals surface area contributed by atoms with Gasteiger partial charge in [-0.2, -0.15) is 0 Å². The highest BCUT2D eigenvalue weighted by molar-refractivity contribution is 5.74. The minimum absolute atomic E-state index is 0.0172. The molecule has 0 rings (SSSR count). The second-order valence-corrected chi connectivity index (χ2v) is 5.81. The Morgan fingerprint density at radius 1 is 0.947 bits per heavy atom. The Bertz CT molecular complexity index is 205. The van der Waals surface area contributed by atoms with Crippen LogP contribution in [0.25, 0.3) is 0 Å². The predicted octanol–water partition coefficient (Wildman–Crippen LogP) is 4.61. The lowest BCUT2D eigenvalue weighted by Crippen LogP contribution is -2.25. The molecule has 0 radical (unpaired) electrons. The first-order valence-corrected chi connectivity index (χ1v) is 8.07. The summed E-state index contributed by atoms with van der Waals surface area (Å²) in [5, 5.41) is 0. The number of carbonyl (C=O) groups is 1. The standard InChI is InChI=1S/C16H33NO2/c1-4-5-6-7-8-9-10-11-12-13-16(18)17-19-14-15(2)3/h15H,4-14H2,1-3H3,(H,17,18). The van der Waals surface area contributed by atoms with Gasteiger partial charge in [0.25, 0.3) is 0 Å². The van der Waals surface area contributed by atoms with Crippen molar-refractivity contribution in [3.05, 3.63) is 0 Å². The minimum atomic E-state index is 0.0172. The van der Waals surface area contributed by atoms with E-state index < -0.39 is 0 Å². The molecule has 0 aliphatic heterocycles. The van der Waals surface area contributed by atoms with Gasteiger partial charge in [-0.1, -0.05) is 72.1 Å². The average Bonchev–Trinajstić information content (AvgIpc) is 2.36. The molecule has 0 atom stereocenters. The summed E-state index contributed by atoms with van der Waals surface area (Å²) in [6.45, 7) is 6.96. The molecule has 0 aromatic rings. The number of hydroxylamine groups is 1. The van der Waals surface area contributed by atoms with E-state index in [4.69, 9.17) is 4.84 Å². The van der Waals surface area contributed by atoms with Gasteiger partial charge < -0.3 is 0 Å². The Balaban J connectivity index is 3.14. The molecule has 0 aromatic heterocycles. The average molecular weight is 271 g/mol. The molecule has 3 heteroatoms. The fourth-order valence-electron chi connectivity index (χ4n) is 1.94. The van der Waals surface area contributed by atoms with E-state index in [0.717, 1.165) is 12.8 Å². The Morgan fingerprint density at radius 2 is 1.47 bits per heavy atom. The number of carbonyl (C=O) groups excluding carboxylic acids is 1. The number of unbranched alkanes of at least 4 members (excludes halogenated alkanes) is 8. The topological polar surface area (TPSA) is 38.3 Å². The maximum absolute atomic E-state index is 11.4. The van der Waals surface area contributed by atoms with Gasteiger partial charge in [-0.15, -0.1) is 0 Å². The van der Waals surface area contributed by atoms with Crippen molar-refractivity contribution >= 4 is 5.91 Å². The fraction of sp³-hybridized carbons (Fsp3) is 0.938. The summed E-state index contributed by atoms with van der Waals surface area (Å²) in [5.74, 6) is 0.469. The molecule has 1 N–H and O–H groups in total. The molecule has 0 fully saturated rings. The van der Waals surface area contributed by atoms with Crippen molar-refractivity contribution in [3.63, 3.8) is 0 Å². The Hall–Kier alpha value is -0.570. The second kappa shape index (κ2) is 13.9. The first-order chi connectivity index (χ1) is 9.16. The van der Waals surface area contributed by atoms with Gasteiger partial charge in [-0.05, 0) is 12.3 Å². The van der Waals surface area contributed by atoms with Crippen LogP contribution >= 0.6 is 0 Å². The smallest absolute Gasteiger partial charge is 0.243 e. The molecule has 1 amide bonds. The van der Waals surface area contributed by atoms with Crippen LogP contribution in [0, 0.1) is 5.92 Å². The number of amides is 1. The molecule has 114 valence electrons. The van der Waals surface area contributed by atoms with Crippen LogP contribution in [0.5, 0.6) is 0 Å². The van der Waals surface area contributed by atoms with Gasteiger partial charge in [-0.25, -0.2) is 5.48 Å². The Labute approximate surface area is 119 Å². The zero-order valence-electron chi connectivity index (χ0n) is 13.2. The van der Waals surface area contributed by atoms with E-state index in [-0.39, 0.29) is 5.91 Å². The van der Waals surface area contributed by atoms with Gasteiger partial charge in [0.05, 0.1) is 6.61 Å². The number of rotatable bonds is 13. The molecule has 0 saturated carbocycles. The number of nitrogens with one attached hydrogen (secondary N) is 1. The molecule has 0 heterocycles. The van der Waals surface area contributed by atoms with Crippen molar-refractivity contribution in [1.29, 1.82) is 0 Å². The normalized spacial score (nSPS) is 10.9. The van der Waals surface area contributed by atoms with Crippen LogP contribution in [0.1, 0.15) is 85.0 Å². The third-order valence-electron chi connectivity index (χ3n) is 3.11. The monoisotopic (exact) mass is 271 g/mol. The van der Waals surface area contributed by atoms with Crippen LogP contribution in [-0.2, 0) is 9.63 Å².